The molecule has 1 aliphatic rings. The molecule has 6 heteroatoms. The molecule has 1 fully saturated rings. The molecular weight excluding hydrogens is 164 g/mol. The third-order valence-corrected chi connectivity index (χ3v) is 1.65. The number of nitrogens with one attached hydrogen (secondary N) is 1. The van der Waals surface area contributed by atoms with Crippen molar-refractivity contribution in [3.05, 3.63) is 0 Å². The second-order valence-corrected chi connectivity index (χ2v) is 2.24. The number of urea groups is 1. The van der Waals surface area contributed by atoms with E-state index in [2.05, 4.69) is 5.32 Å². The van der Waals surface area contributed by atoms with Crippen LogP contribution in [0.2, 0.25) is 0 Å². The first-order valence-electron chi connectivity index (χ1n) is 3.44. The lowest BCUT2D eigenvalue weighted by atomic mass is 10.5. The fourth-order valence-corrected chi connectivity index (χ4v) is 1.08. The van der Waals surface area contributed by atoms with E-state index in [-0.39, 0.29) is 6.03 Å². The van der Waals surface area contributed by atoms with E-state index in [0.29, 0.717) is 0 Å². The molecule has 70 valence electrons. The van der Waals surface area contributed by atoms with Crippen molar-refractivity contribution in [1.29, 1.82) is 0 Å². The number of ether oxygens (including phenoxy) is 2. The lowest BCUT2D eigenvalue weighted by Gasteiger charge is -2.20. The van der Waals surface area contributed by atoms with E-state index in [1.807, 2.05) is 0 Å². The van der Waals surface area contributed by atoms with Crippen LogP contribution in [0.5, 0.6) is 0 Å². The van der Waals surface area contributed by atoms with Crippen molar-refractivity contribution in [2.45, 2.75) is 12.5 Å². The van der Waals surface area contributed by atoms with Crippen molar-refractivity contribution in [2.75, 3.05) is 21.3 Å². The van der Waals surface area contributed by atoms with Crippen molar-refractivity contribution in [3.63, 3.8) is 0 Å². The van der Waals surface area contributed by atoms with Crippen LogP contribution in [0.1, 0.15) is 0 Å². The number of carbonyl (C=O) groups is 1. The number of hydrogen-bond donors (Lipinski definition) is 1. The monoisotopic (exact) mass is 176 g/mol. The van der Waals surface area contributed by atoms with Gasteiger partial charge in [-0.25, -0.2) is 4.79 Å². The molecule has 0 aromatic rings. The van der Waals surface area contributed by atoms with Gasteiger partial charge in [0.15, 0.2) is 6.23 Å². The van der Waals surface area contributed by atoms with E-state index in [1.54, 1.807) is 0 Å². The van der Waals surface area contributed by atoms with Crippen LogP contribution in [0.4, 0.5) is 4.79 Å². The summed E-state index contributed by atoms with van der Waals surface area (Å²) in [6.07, 6.45) is -1.02. The van der Waals surface area contributed by atoms with E-state index < -0.39 is 12.5 Å². The third-order valence-electron chi connectivity index (χ3n) is 1.65. The zero-order chi connectivity index (χ0) is 9.14. The minimum atomic E-state index is -0.535. The Bertz CT molecular complexity index is 175. The molecule has 0 bridgehead atoms. The molecule has 2 unspecified atom stereocenters. The van der Waals surface area contributed by atoms with Gasteiger partial charge in [0.05, 0.1) is 7.11 Å². The predicted octanol–water partition coefficient (Wildman–Crippen LogP) is -0.482. The first kappa shape index (κ1) is 9.24. The highest BCUT2D eigenvalue weighted by molar-refractivity contribution is 5.75. The zero-order valence-electron chi connectivity index (χ0n) is 7.23. The number of hydroxylamine groups is 2. The molecule has 0 aromatic heterocycles. The highest BCUT2D eigenvalue weighted by atomic mass is 16.7. The fraction of sp³-hybridized carbons (Fsp3) is 0.833. The molecular formula is C6H12N2O4. The Morgan fingerprint density at radius 1 is 1.33 bits per heavy atom. The molecule has 1 saturated heterocycles. The Kier molecular flexibility index (Phi) is 2.85. The van der Waals surface area contributed by atoms with Crippen LogP contribution in [-0.2, 0) is 14.3 Å². The topological polar surface area (TPSA) is 60.0 Å². The highest BCUT2D eigenvalue weighted by Crippen LogP contribution is 2.14. The van der Waals surface area contributed by atoms with E-state index in [1.165, 1.54) is 21.3 Å². The number of carbonyl (C=O) groups excluding carboxylic acids is 1. The number of nitrogens with zero attached hydrogens (tertiary/aromatic N) is 1. The second-order valence-electron chi connectivity index (χ2n) is 2.24. The summed E-state index contributed by atoms with van der Waals surface area (Å²) >= 11 is 0. The number of amides is 2. The molecule has 0 spiro atoms. The van der Waals surface area contributed by atoms with Gasteiger partial charge in [0, 0.05) is 14.2 Å². The van der Waals surface area contributed by atoms with Crippen LogP contribution in [-0.4, -0.2) is 44.9 Å². The summed E-state index contributed by atoms with van der Waals surface area (Å²) in [6, 6.07) is -0.365. The summed E-state index contributed by atoms with van der Waals surface area (Å²) < 4.78 is 9.92. The highest BCUT2D eigenvalue weighted by Gasteiger charge is 2.40. The van der Waals surface area contributed by atoms with Crippen LogP contribution in [0.3, 0.4) is 0 Å². The van der Waals surface area contributed by atoms with E-state index in [4.69, 9.17) is 14.3 Å². The van der Waals surface area contributed by atoms with Gasteiger partial charge in [-0.1, -0.05) is 0 Å². The zero-order valence-corrected chi connectivity index (χ0v) is 7.23. The van der Waals surface area contributed by atoms with E-state index >= 15 is 0 Å². The molecule has 0 aromatic carbocycles. The minimum absolute atomic E-state index is 0.365. The van der Waals surface area contributed by atoms with Gasteiger partial charge in [0.1, 0.15) is 0 Å². The summed E-state index contributed by atoms with van der Waals surface area (Å²) in [5, 5.41) is 3.60. The lowest BCUT2D eigenvalue weighted by Crippen LogP contribution is -2.38. The molecule has 0 saturated carbocycles. The summed E-state index contributed by atoms with van der Waals surface area (Å²) in [5.74, 6) is 0. The number of rotatable bonds is 3. The van der Waals surface area contributed by atoms with Crippen molar-refractivity contribution >= 4 is 6.03 Å². The first-order valence-corrected chi connectivity index (χ1v) is 3.44. The van der Waals surface area contributed by atoms with Crippen LogP contribution >= 0.6 is 0 Å². The molecule has 0 radical (unpaired) electrons. The molecule has 2 atom stereocenters. The Morgan fingerprint density at radius 2 is 2.00 bits per heavy atom. The summed E-state index contributed by atoms with van der Waals surface area (Å²) in [7, 11) is 4.35. The lowest BCUT2D eigenvalue weighted by molar-refractivity contribution is -0.202. The van der Waals surface area contributed by atoms with Gasteiger partial charge in [-0.3, -0.25) is 4.84 Å². The quantitative estimate of drug-likeness (QED) is 0.630. The average Bonchev–Trinajstić information content (AvgIpc) is 2.40. The molecule has 6 nitrogen and oxygen atoms in total. The van der Waals surface area contributed by atoms with E-state index in [9.17, 15) is 4.79 Å². The Balaban J connectivity index is 2.68. The van der Waals surface area contributed by atoms with Crippen LogP contribution < -0.4 is 5.32 Å². The molecule has 1 N–H and O–H groups in total. The van der Waals surface area contributed by atoms with Crippen LogP contribution in [0.25, 0.3) is 0 Å². The average molecular weight is 176 g/mol. The maximum absolute atomic E-state index is 11.1. The largest absolute Gasteiger partial charge is 0.357 e. The van der Waals surface area contributed by atoms with Gasteiger partial charge in [-0.2, -0.15) is 5.06 Å². The summed E-state index contributed by atoms with van der Waals surface area (Å²) in [4.78, 5) is 15.8. The standard InChI is InChI=1S/C6H12N2O4/c1-10-4-5(11-2)8(12-3)6(9)7-4/h4-5H,1-3H3,(H,7,9). The fourth-order valence-electron chi connectivity index (χ4n) is 1.08. The SMILES string of the molecule is COC1NC(=O)N(OC)C1OC. The van der Waals surface area contributed by atoms with Crippen molar-refractivity contribution in [2.24, 2.45) is 0 Å². The smallest absolute Gasteiger partial charge is 0.346 e. The molecule has 1 aliphatic heterocycles. The number of methoxy groups -OCH3 is 2. The Hall–Kier alpha value is -0.850. The van der Waals surface area contributed by atoms with E-state index in [0.717, 1.165) is 5.06 Å². The van der Waals surface area contributed by atoms with Gasteiger partial charge in [0.25, 0.3) is 0 Å². The van der Waals surface area contributed by atoms with Crippen LogP contribution in [0, 0.1) is 0 Å². The predicted molar refractivity (Wildman–Crippen MR) is 39.0 cm³/mol. The Labute approximate surface area is 70.3 Å². The maximum Gasteiger partial charge on any atom is 0.346 e. The number of hydrogen-bond acceptors (Lipinski definition) is 4. The molecule has 2 amide bonds. The van der Waals surface area contributed by atoms with Gasteiger partial charge in [-0.15, -0.1) is 0 Å². The molecule has 1 heterocycles. The first-order chi connectivity index (χ1) is 5.74. The Morgan fingerprint density at radius 3 is 2.42 bits per heavy atom. The second kappa shape index (κ2) is 3.70. The van der Waals surface area contributed by atoms with Gasteiger partial charge in [-0.05, 0) is 0 Å². The molecule has 1 rings (SSSR count). The summed E-state index contributed by atoms with van der Waals surface area (Å²) in [5.41, 5.74) is 0. The van der Waals surface area contributed by atoms with Crippen molar-refractivity contribution in [3.8, 4) is 0 Å². The molecule has 0 aliphatic carbocycles. The third kappa shape index (κ3) is 1.36. The minimum Gasteiger partial charge on any atom is -0.357 e. The van der Waals surface area contributed by atoms with Gasteiger partial charge < -0.3 is 14.8 Å². The molecule has 12 heavy (non-hydrogen) atoms. The van der Waals surface area contributed by atoms with Gasteiger partial charge in [0.2, 0.25) is 6.23 Å². The van der Waals surface area contributed by atoms with Gasteiger partial charge >= 0.3 is 6.03 Å². The normalized spacial score (nSPS) is 29.2. The summed E-state index contributed by atoms with van der Waals surface area (Å²) in [6.45, 7) is 0. The van der Waals surface area contributed by atoms with Crippen LogP contribution in [0.15, 0.2) is 0 Å². The van der Waals surface area contributed by atoms with Crippen molar-refractivity contribution < 1.29 is 19.1 Å². The van der Waals surface area contributed by atoms with Crippen molar-refractivity contribution in [1.82, 2.24) is 10.4 Å². The maximum atomic E-state index is 11.1.